The molecule has 1 saturated heterocycles. The van der Waals surface area contributed by atoms with E-state index in [1.54, 1.807) is 59.5 Å². The highest BCUT2D eigenvalue weighted by molar-refractivity contribution is 7.92. The lowest BCUT2D eigenvalue weighted by Crippen LogP contribution is -2.52. The van der Waals surface area contributed by atoms with Gasteiger partial charge in [0.05, 0.1) is 10.6 Å². The minimum Gasteiger partial charge on any atom is -0.368 e. The average molecular weight is 516 g/mol. The SMILES string of the molecule is Cc1ccc(S(=O)(=O)N(CC(=O)N2CCN(c3ccc(F)cc3)CC2)c2ccc(C)c(Cl)c2)cc1. The quantitative estimate of drug-likeness (QED) is 0.480. The van der Waals surface area contributed by atoms with Gasteiger partial charge in [0.15, 0.2) is 0 Å². The van der Waals surface area contributed by atoms with Gasteiger partial charge in [0.2, 0.25) is 5.91 Å². The maximum Gasteiger partial charge on any atom is 0.264 e. The Kier molecular flexibility index (Phi) is 7.33. The molecular formula is C26H27ClFN3O3S. The number of anilines is 2. The number of aryl methyl sites for hydroxylation is 2. The van der Waals surface area contributed by atoms with Gasteiger partial charge in [-0.15, -0.1) is 0 Å². The maximum atomic E-state index is 13.6. The van der Waals surface area contributed by atoms with Crippen molar-refractivity contribution in [2.75, 3.05) is 41.9 Å². The molecular weight excluding hydrogens is 489 g/mol. The van der Waals surface area contributed by atoms with Gasteiger partial charge in [0.25, 0.3) is 10.0 Å². The van der Waals surface area contributed by atoms with Crippen molar-refractivity contribution >= 4 is 38.9 Å². The fourth-order valence-corrected chi connectivity index (χ4v) is 5.56. The van der Waals surface area contributed by atoms with E-state index in [2.05, 4.69) is 4.90 Å². The molecule has 0 spiro atoms. The van der Waals surface area contributed by atoms with Crippen LogP contribution in [0.1, 0.15) is 11.1 Å². The van der Waals surface area contributed by atoms with E-state index in [9.17, 15) is 17.6 Å². The van der Waals surface area contributed by atoms with E-state index in [1.807, 2.05) is 13.8 Å². The van der Waals surface area contributed by atoms with Crippen LogP contribution in [0.3, 0.4) is 0 Å². The lowest BCUT2D eigenvalue weighted by Gasteiger charge is -2.37. The number of halogens is 2. The molecule has 184 valence electrons. The first-order valence-electron chi connectivity index (χ1n) is 11.3. The van der Waals surface area contributed by atoms with Crippen LogP contribution in [0.15, 0.2) is 71.6 Å². The summed E-state index contributed by atoms with van der Waals surface area (Å²) < 4.78 is 41.6. The molecule has 0 saturated carbocycles. The molecule has 1 amide bonds. The maximum absolute atomic E-state index is 13.6. The molecule has 0 atom stereocenters. The number of sulfonamides is 1. The Morgan fingerprint density at radius 1 is 0.943 bits per heavy atom. The first-order chi connectivity index (χ1) is 16.6. The molecule has 3 aromatic carbocycles. The highest BCUT2D eigenvalue weighted by atomic mass is 35.5. The number of hydrogen-bond acceptors (Lipinski definition) is 4. The molecule has 35 heavy (non-hydrogen) atoms. The molecule has 0 bridgehead atoms. The lowest BCUT2D eigenvalue weighted by atomic mass is 10.2. The Labute approximate surface area is 210 Å². The van der Waals surface area contributed by atoms with Crippen LogP contribution < -0.4 is 9.21 Å². The molecule has 3 aromatic rings. The zero-order valence-corrected chi connectivity index (χ0v) is 21.2. The van der Waals surface area contributed by atoms with Crippen LogP contribution in [0.4, 0.5) is 15.8 Å². The van der Waals surface area contributed by atoms with Crippen molar-refractivity contribution < 1.29 is 17.6 Å². The third-order valence-electron chi connectivity index (χ3n) is 6.16. The molecule has 4 rings (SSSR count). The van der Waals surface area contributed by atoms with Crippen LogP contribution in [0.25, 0.3) is 0 Å². The number of nitrogens with zero attached hydrogens (tertiary/aromatic N) is 3. The summed E-state index contributed by atoms with van der Waals surface area (Å²) >= 11 is 6.30. The van der Waals surface area contributed by atoms with Crippen molar-refractivity contribution in [3.63, 3.8) is 0 Å². The van der Waals surface area contributed by atoms with E-state index < -0.39 is 10.0 Å². The van der Waals surface area contributed by atoms with E-state index in [-0.39, 0.29) is 23.2 Å². The number of carbonyl (C=O) groups excluding carboxylic acids is 1. The predicted octanol–water partition coefficient (Wildman–Crippen LogP) is 4.64. The van der Waals surface area contributed by atoms with Crippen LogP contribution >= 0.6 is 11.6 Å². The fraction of sp³-hybridized carbons (Fsp3) is 0.269. The van der Waals surface area contributed by atoms with Crippen LogP contribution in [0.2, 0.25) is 5.02 Å². The Morgan fingerprint density at radius 3 is 2.17 bits per heavy atom. The van der Waals surface area contributed by atoms with Gasteiger partial charge in [0, 0.05) is 36.9 Å². The van der Waals surface area contributed by atoms with E-state index in [4.69, 9.17) is 11.6 Å². The third kappa shape index (κ3) is 5.60. The lowest BCUT2D eigenvalue weighted by molar-refractivity contribution is -0.129. The average Bonchev–Trinajstić information content (AvgIpc) is 2.85. The second kappa shape index (κ2) is 10.3. The minimum atomic E-state index is -4.01. The molecule has 0 radical (unpaired) electrons. The molecule has 1 aliphatic heterocycles. The smallest absolute Gasteiger partial charge is 0.264 e. The molecule has 0 unspecified atom stereocenters. The number of amides is 1. The summed E-state index contributed by atoms with van der Waals surface area (Å²) in [6.07, 6.45) is 0. The first kappa shape index (κ1) is 25.0. The van der Waals surface area contributed by atoms with Crippen molar-refractivity contribution in [1.82, 2.24) is 4.90 Å². The zero-order chi connectivity index (χ0) is 25.2. The van der Waals surface area contributed by atoms with Crippen molar-refractivity contribution in [1.29, 1.82) is 0 Å². The largest absolute Gasteiger partial charge is 0.368 e. The zero-order valence-electron chi connectivity index (χ0n) is 19.6. The highest BCUT2D eigenvalue weighted by Crippen LogP contribution is 2.28. The summed E-state index contributed by atoms with van der Waals surface area (Å²) in [6.45, 7) is 5.37. The highest BCUT2D eigenvalue weighted by Gasteiger charge is 2.30. The number of benzene rings is 3. The normalized spacial score (nSPS) is 14.2. The Hall–Kier alpha value is -3.10. The van der Waals surface area contributed by atoms with Gasteiger partial charge in [-0.25, -0.2) is 12.8 Å². The van der Waals surface area contributed by atoms with Crippen LogP contribution in [-0.4, -0.2) is 51.9 Å². The topological polar surface area (TPSA) is 60.9 Å². The van der Waals surface area contributed by atoms with Crippen LogP contribution in [0.5, 0.6) is 0 Å². The molecule has 0 N–H and O–H groups in total. The van der Waals surface area contributed by atoms with E-state index in [0.717, 1.165) is 21.1 Å². The Morgan fingerprint density at radius 2 is 1.57 bits per heavy atom. The monoisotopic (exact) mass is 515 g/mol. The van der Waals surface area contributed by atoms with Gasteiger partial charge in [-0.3, -0.25) is 9.10 Å². The summed E-state index contributed by atoms with van der Waals surface area (Å²) in [5.41, 5.74) is 2.96. The Balaban J connectivity index is 1.55. The van der Waals surface area contributed by atoms with E-state index >= 15 is 0 Å². The van der Waals surface area contributed by atoms with Gasteiger partial charge < -0.3 is 9.80 Å². The Bertz CT molecular complexity index is 1310. The van der Waals surface area contributed by atoms with Gasteiger partial charge in [-0.2, -0.15) is 0 Å². The number of piperazine rings is 1. The van der Waals surface area contributed by atoms with Crippen molar-refractivity contribution in [2.24, 2.45) is 0 Å². The third-order valence-corrected chi connectivity index (χ3v) is 8.35. The van der Waals surface area contributed by atoms with Gasteiger partial charge >= 0.3 is 0 Å². The van der Waals surface area contributed by atoms with Crippen LogP contribution in [0, 0.1) is 19.7 Å². The standard InChI is InChI=1S/C26H27ClFN3O3S/c1-19-3-11-24(12-4-19)35(33,34)31(23-8-5-20(2)25(27)17-23)18-26(32)30-15-13-29(14-16-30)22-9-6-21(28)7-10-22/h3-12,17H,13-16,18H2,1-2H3. The summed E-state index contributed by atoms with van der Waals surface area (Å²) in [7, 11) is -4.01. The number of rotatable bonds is 6. The van der Waals surface area contributed by atoms with Crippen molar-refractivity contribution in [2.45, 2.75) is 18.7 Å². The fourth-order valence-electron chi connectivity index (χ4n) is 3.98. The minimum absolute atomic E-state index is 0.105. The molecule has 1 heterocycles. The van der Waals surface area contributed by atoms with Crippen molar-refractivity contribution in [3.05, 3.63) is 88.7 Å². The van der Waals surface area contributed by atoms with Crippen molar-refractivity contribution in [3.8, 4) is 0 Å². The molecule has 1 fully saturated rings. The molecule has 0 aromatic heterocycles. The van der Waals surface area contributed by atoms with E-state index in [0.29, 0.717) is 36.9 Å². The molecule has 1 aliphatic rings. The van der Waals surface area contributed by atoms with Gasteiger partial charge in [0.1, 0.15) is 12.4 Å². The van der Waals surface area contributed by atoms with Gasteiger partial charge in [-0.05, 0) is 67.9 Å². The summed E-state index contributed by atoms with van der Waals surface area (Å²) in [4.78, 5) is 17.1. The molecule has 9 heteroatoms. The number of carbonyl (C=O) groups is 1. The van der Waals surface area contributed by atoms with Gasteiger partial charge in [-0.1, -0.05) is 35.4 Å². The molecule has 6 nitrogen and oxygen atoms in total. The summed E-state index contributed by atoms with van der Waals surface area (Å²) in [5, 5.41) is 0.423. The first-order valence-corrected chi connectivity index (χ1v) is 13.1. The predicted molar refractivity (Wildman–Crippen MR) is 137 cm³/mol. The molecule has 0 aliphatic carbocycles. The second-order valence-corrected chi connectivity index (χ2v) is 10.9. The van der Waals surface area contributed by atoms with Crippen LogP contribution in [-0.2, 0) is 14.8 Å². The second-order valence-electron chi connectivity index (χ2n) is 8.60. The summed E-state index contributed by atoms with van der Waals surface area (Å²) in [5.74, 6) is -0.593. The van der Waals surface area contributed by atoms with E-state index in [1.165, 1.54) is 12.1 Å². The number of hydrogen-bond donors (Lipinski definition) is 0. The summed E-state index contributed by atoms with van der Waals surface area (Å²) in [6, 6.07) is 17.7.